The number of nitrogens with zero attached hydrogens (tertiary/aromatic N) is 8. The largest absolute Gasteiger partial charge is 0.444 e. The van der Waals surface area contributed by atoms with Crippen LogP contribution < -0.4 is 4.90 Å². The van der Waals surface area contributed by atoms with E-state index in [1.54, 1.807) is 4.90 Å². The van der Waals surface area contributed by atoms with Gasteiger partial charge < -0.3 is 19.3 Å². The number of anilines is 1. The number of amides is 1. The lowest BCUT2D eigenvalue weighted by molar-refractivity contribution is 0.0185. The van der Waals surface area contributed by atoms with Gasteiger partial charge in [-0.25, -0.2) is 9.78 Å². The maximum Gasteiger partial charge on any atom is 0.410 e. The van der Waals surface area contributed by atoms with Gasteiger partial charge in [0.25, 0.3) is 0 Å². The SMILES string of the molecule is CC(C)(C)OC(=O)N1CCC(n2cc(-c3cnc(-n4ccc5cc(C#N)ccc54)nc3N3CCOCC3)cn2)CC1. The summed E-state index contributed by atoms with van der Waals surface area (Å²) in [6, 6.07) is 9.97. The number of likely N-dealkylation sites (tertiary alicyclic amines) is 1. The minimum Gasteiger partial charge on any atom is -0.444 e. The summed E-state index contributed by atoms with van der Waals surface area (Å²) in [5.41, 5.74) is 2.92. The Morgan fingerprint density at radius 2 is 1.88 bits per heavy atom. The third kappa shape index (κ3) is 5.60. The maximum absolute atomic E-state index is 12.5. The average molecular weight is 555 g/mol. The van der Waals surface area contributed by atoms with Crippen molar-refractivity contribution in [1.82, 2.24) is 29.2 Å². The minimum atomic E-state index is -0.504. The summed E-state index contributed by atoms with van der Waals surface area (Å²) in [5, 5.41) is 14.9. The molecule has 11 nitrogen and oxygen atoms in total. The summed E-state index contributed by atoms with van der Waals surface area (Å²) in [6.45, 7) is 9.66. The Hall–Kier alpha value is -4.43. The zero-order valence-corrected chi connectivity index (χ0v) is 23.7. The van der Waals surface area contributed by atoms with E-state index < -0.39 is 5.60 Å². The van der Waals surface area contributed by atoms with E-state index in [1.165, 1.54) is 0 Å². The molecule has 0 atom stereocenters. The Morgan fingerprint density at radius 3 is 2.61 bits per heavy atom. The predicted octanol–water partition coefficient (Wildman–Crippen LogP) is 4.56. The van der Waals surface area contributed by atoms with Crippen molar-refractivity contribution in [3.8, 4) is 23.1 Å². The molecule has 0 N–H and O–H groups in total. The molecule has 0 spiro atoms. The number of aromatic nitrogens is 5. The molecule has 2 aliphatic rings. The molecule has 5 heterocycles. The van der Waals surface area contributed by atoms with Gasteiger partial charge in [-0.15, -0.1) is 0 Å². The Balaban J connectivity index is 1.26. The van der Waals surface area contributed by atoms with Gasteiger partial charge in [-0.3, -0.25) is 9.25 Å². The van der Waals surface area contributed by atoms with E-state index in [4.69, 9.17) is 24.5 Å². The molecule has 0 radical (unpaired) electrons. The summed E-state index contributed by atoms with van der Waals surface area (Å²) in [5.74, 6) is 1.41. The van der Waals surface area contributed by atoms with Gasteiger partial charge in [-0.1, -0.05) is 0 Å². The number of hydrogen-bond donors (Lipinski definition) is 0. The highest BCUT2D eigenvalue weighted by atomic mass is 16.6. The molecular formula is C30H34N8O3. The highest BCUT2D eigenvalue weighted by Crippen LogP contribution is 2.32. The van der Waals surface area contributed by atoms with Crippen molar-refractivity contribution in [2.45, 2.75) is 45.3 Å². The predicted molar refractivity (Wildman–Crippen MR) is 154 cm³/mol. The Kier molecular flexibility index (Phi) is 7.09. The molecule has 3 aromatic heterocycles. The Labute approximate surface area is 238 Å². The second-order valence-corrected chi connectivity index (χ2v) is 11.5. The van der Waals surface area contributed by atoms with Gasteiger partial charge in [-0.2, -0.15) is 15.3 Å². The fraction of sp³-hybridized carbons (Fsp3) is 0.433. The first-order valence-corrected chi connectivity index (χ1v) is 14.0. The summed E-state index contributed by atoms with van der Waals surface area (Å²) in [4.78, 5) is 26.3. The topological polar surface area (TPSA) is 114 Å². The molecule has 0 bridgehead atoms. The first-order valence-electron chi connectivity index (χ1n) is 14.0. The average Bonchev–Trinajstić information content (AvgIpc) is 3.64. The molecule has 11 heteroatoms. The summed E-state index contributed by atoms with van der Waals surface area (Å²) in [6.07, 6.45) is 9.09. The zero-order valence-electron chi connectivity index (χ0n) is 23.7. The van der Waals surface area contributed by atoms with Crippen LogP contribution in [0, 0.1) is 11.3 Å². The van der Waals surface area contributed by atoms with Crippen LogP contribution in [0.15, 0.2) is 49.1 Å². The fourth-order valence-corrected chi connectivity index (χ4v) is 5.40. The first kappa shape index (κ1) is 26.8. The normalized spacial score (nSPS) is 16.6. The van der Waals surface area contributed by atoms with Gasteiger partial charge in [0.05, 0.1) is 42.6 Å². The molecule has 2 aliphatic heterocycles. The van der Waals surface area contributed by atoms with Crippen LogP contribution in [-0.2, 0) is 9.47 Å². The van der Waals surface area contributed by atoms with Crippen molar-refractivity contribution in [1.29, 1.82) is 5.26 Å². The standard InChI is InChI=1S/C30H34N8O3/c1-30(2,3)41-29(39)36-9-7-24(8-10-36)38-20-23(18-33-38)25-19-32-28(34-27(25)35-12-14-40-15-13-35)37-11-6-22-16-21(17-31)4-5-26(22)37/h4-6,11,16,18-20,24H,7-10,12-15H2,1-3H3. The fourth-order valence-electron chi connectivity index (χ4n) is 5.40. The smallest absolute Gasteiger partial charge is 0.410 e. The Morgan fingerprint density at radius 1 is 1.10 bits per heavy atom. The zero-order chi connectivity index (χ0) is 28.6. The molecule has 41 heavy (non-hydrogen) atoms. The number of ether oxygens (including phenoxy) is 2. The van der Waals surface area contributed by atoms with Gasteiger partial charge in [-0.05, 0) is 57.9 Å². The molecular weight excluding hydrogens is 520 g/mol. The van der Waals surface area contributed by atoms with E-state index in [2.05, 4.69) is 17.2 Å². The third-order valence-electron chi connectivity index (χ3n) is 7.50. The molecule has 0 unspecified atom stereocenters. The number of carbonyl (C=O) groups excluding carboxylic acids is 1. The summed E-state index contributed by atoms with van der Waals surface area (Å²) < 4.78 is 15.1. The van der Waals surface area contributed by atoms with Gasteiger partial charge in [0, 0.05) is 61.3 Å². The van der Waals surface area contributed by atoms with Crippen LogP contribution in [0.5, 0.6) is 0 Å². The number of fused-ring (bicyclic) bond motifs is 1. The van der Waals surface area contributed by atoms with Crippen LogP contribution in [0.25, 0.3) is 28.0 Å². The van der Waals surface area contributed by atoms with E-state index in [-0.39, 0.29) is 12.1 Å². The summed E-state index contributed by atoms with van der Waals surface area (Å²) in [7, 11) is 0. The molecule has 1 aromatic carbocycles. The number of carbonyl (C=O) groups is 1. The van der Waals surface area contributed by atoms with E-state index in [9.17, 15) is 10.1 Å². The van der Waals surface area contributed by atoms with Gasteiger partial charge in [0.2, 0.25) is 5.95 Å². The summed E-state index contributed by atoms with van der Waals surface area (Å²) >= 11 is 0. The van der Waals surface area contributed by atoms with Crippen molar-refractivity contribution >= 4 is 22.8 Å². The lowest BCUT2D eigenvalue weighted by Crippen LogP contribution is -2.42. The second kappa shape index (κ2) is 10.9. The lowest BCUT2D eigenvalue weighted by Gasteiger charge is -2.33. The van der Waals surface area contributed by atoms with Crippen LogP contribution in [0.1, 0.15) is 45.2 Å². The lowest BCUT2D eigenvalue weighted by atomic mass is 10.1. The van der Waals surface area contributed by atoms with Crippen molar-refractivity contribution < 1.29 is 14.3 Å². The van der Waals surface area contributed by atoms with Crippen molar-refractivity contribution in [3.63, 3.8) is 0 Å². The van der Waals surface area contributed by atoms with Crippen LogP contribution in [0.2, 0.25) is 0 Å². The number of morpholine rings is 1. The van der Waals surface area contributed by atoms with Crippen LogP contribution in [-0.4, -0.2) is 80.3 Å². The van der Waals surface area contributed by atoms with Gasteiger partial charge >= 0.3 is 6.09 Å². The molecule has 6 rings (SSSR count). The monoisotopic (exact) mass is 554 g/mol. The quantitative estimate of drug-likeness (QED) is 0.361. The number of hydrogen-bond acceptors (Lipinski definition) is 8. The van der Waals surface area contributed by atoms with E-state index in [0.717, 1.165) is 53.8 Å². The maximum atomic E-state index is 12.5. The molecule has 0 aliphatic carbocycles. The molecule has 1 amide bonds. The molecule has 4 aromatic rings. The van der Waals surface area contributed by atoms with Crippen LogP contribution in [0.3, 0.4) is 0 Å². The highest BCUT2D eigenvalue weighted by molar-refractivity contribution is 5.83. The molecule has 2 saturated heterocycles. The molecule has 0 saturated carbocycles. The highest BCUT2D eigenvalue weighted by Gasteiger charge is 2.28. The van der Waals surface area contributed by atoms with Crippen LogP contribution >= 0.6 is 0 Å². The number of rotatable bonds is 4. The number of benzene rings is 1. The third-order valence-corrected chi connectivity index (χ3v) is 7.50. The van der Waals surface area contributed by atoms with E-state index in [1.807, 2.05) is 72.9 Å². The second-order valence-electron chi connectivity index (χ2n) is 11.5. The minimum absolute atomic E-state index is 0.194. The number of piperidine rings is 1. The molecule has 212 valence electrons. The molecule has 2 fully saturated rings. The Bertz CT molecular complexity index is 1600. The van der Waals surface area contributed by atoms with Crippen molar-refractivity contribution in [3.05, 3.63) is 54.6 Å². The van der Waals surface area contributed by atoms with Crippen LogP contribution in [0.4, 0.5) is 10.6 Å². The van der Waals surface area contributed by atoms with E-state index >= 15 is 0 Å². The first-order chi connectivity index (χ1) is 19.8. The van der Waals surface area contributed by atoms with E-state index in [0.29, 0.717) is 37.8 Å². The van der Waals surface area contributed by atoms with Crippen molar-refractivity contribution in [2.24, 2.45) is 0 Å². The van der Waals surface area contributed by atoms with Gasteiger partial charge in [0.15, 0.2) is 0 Å². The van der Waals surface area contributed by atoms with Gasteiger partial charge in [0.1, 0.15) is 11.4 Å². The van der Waals surface area contributed by atoms with Crippen molar-refractivity contribution in [2.75, 3.05) is 44.3 Å². The number of nitriles is 1.